The maximum Gasteiger partial charge on any atom is 0.137 e. The van der Waals surface area contributed by atoms with E-state index < -0.39 is 0 Å². The second-order valence-corrected chi connectivity index (χ2v) is 6.66. The molecule has 1 aromatic carbocycles. The van der Waals surface area contributed by atoms with E-state index in [2.05, 4.69) is 45.7 Å². The largest absolute Gasteiger partial charge is 0.206 e. The van der Waals surface area contributed by atoms with Gasteiger partial charge in [0.25, 0.3) is 0 Å². The first-order valence-corrected chi connectivity index (χ1v) is 7.28. The van der Waals surface area contributed by atoms with Crippen molar-refractivity contribution in [2.45, 2.75) is 37.9 Å². The summed E-state index contributed by atoms with van der Waals surface area (Å²) >= 11 is 6.89. The average Bonchev–Trinajstić information content (AvgIpc) is 2.19. The van der Waals surface area contributed by atoms with Crippen LogP contribution in [0.1, 0.15) is 32.3 Å². The van der Waals surface area contributed by atoms with Crippen molar-refractivity contribution in [3.63, 3.8) is 0 Å². The van der Waals surface area contributed by atoms with Gasteiger partial charge in [-0.3, -0.25) is 0 Å². The first-order valence-electron chi connectivity index (χ1n) is 5.57. The summed E-state index contributed by atoms with van der Waals surface area (Å²) in [6.45, 7) is 4.45. The van der Waals surface area contributed by atoms with Crippen LogP contribution in [0, 0.1) is 11.7 Å². The molecule has 0 spiro atoms. The van der Waals surface area contributed by atoms with E-state index in [1.807, 2.05) is 12.1 Å². The van der Waals surface area contributed by atoms with Crippen molar-refractivity contribution in [3.8, 4) is 0 Å². The third-order valence-electron chi connectivity index (χ3n) is 2.46. The van der Waals surface area contributed by atoms with Gasteiger partial charge in [-0.15, -0.1) is 0 Å². The molecule has 0 saturated carbocycles. The fourth-order valence-corrected chi connectivity index (χ4v) is 3.05. The van der Waals surface area contributed by atoms with Gasteiger partial charge in [0.1, 0.15) is 5.82 Å². The minimum Gasteiger partial charge on any atom is -0.206 e. The van der Waals surface area contributed by atoms with Gasteiger partial charge in [0.05, 0.1) is 4.47 Å². The van der Waals surface area contributed by atoms with Crippen LogP contribution in [-0.4, -0.2) is 4.83 Å². The standard InChI is InChI=1S/C13H17Br2F/c1-9(2)7-11(14)5-3-10-4-6-13(16)12(15)8-10/h4,6,8-9,11H,3,5,7H2,1-2H3. The summed E-state index contributed by atoms with van der Waals surface area (Å²) in [4.78, 5) is 0.552. The Bertz CT molecular complexity index is 337. The number of hydrogen-bond donors (Lipinski definition) is 0. The minimum atomic E-state index is -0.193. The molecular weight excluding hydrogens is 335 g/mol. The molecule has 0 aliphatic carbocycles. The minimum absolute atomic E-state index is 0.193. The average molecular weight is 352 g/mol. The van der Waals surface area contributed by atoms with Crippen LogP contribution >= 0.6 is 31.9 Å². The van der Waals surface area contributed by atoms with Gasteiger partial charge in [0.15, 0.2) is 0 Å². The molecule has 1 rings (SSSR count). The summed E-state index contributed by atoms with van der Waals surface area (Å²) < 4.78 is 13.6. The highest BCUT2D eigenvalue weighted by Gasteiger charge is 2.08. The monoisotopic (exact) mass is 350 g/mol. The van der Waals surface area contributed by atoms with Gasteiger partial charge in [0, 0.05) is 4.83 Å². The summed E-state index contributed by atoms with van der Waals surface area (Å²) in [5.41, 5.74) is 1.18. The van der Waals surface area contributed by atoms with Crippen molar-refractivity contribution < 1.29 is 4.39 Å². The van der Waals surface area contributed by atoms with Gasteiger partial charge >= 0.3 is 0 Å². The Morgan fingerprint density at radius 3 is 2.56 bits per heavy atom. The molecule has 1 atom stereocenters. The Labute approximate surface area is 114 Å². The highest BCUT2D eigenvalue weighted by atomic mass is 79.9. The molecule has 16 heavy (non-hydrogen) atoms. The van der Waals surface area contributed by atoms with Gasteiger partial charge in [-0.25, -0.2) is 4.39 Å². The predicted octanol–water partition coefficient (Wildman–Crippen LogP) is 5.33. The highest BCUT2D eigenvalue weighted by Crippen LogP contribution is 2.21. The van der Waals surface area contributed by atoms with Gasteiger partial charge in [-0.05, 0) is 58.8 Å². The summed E-state index contributed by atoms with van der Waals surface area (Å²) in [7, 11) is 0. The number of rotatable bonds is 5. The van der Waals surface area contributed by atoms with Crippen molar-refractivity contribution in [3.05, 3.63) is 34.1 Å². The van der Waals surface area contributed by atoms with Gasteiger partial charge in [-0.1, -0.05) is 35.8 Å². The second-order valence-electron chi connectivity index (χ2n) is 4.51. The summed E-state index contributed by atoms with van der Waals surface area (Å²) in [6, 6.07) is 5.24. The first-order chi connectivity index (χ1) is 7.49. The van der Waals surface area contributed by atoms with Gasteiger partial charge < -0.3 is 0 Å². The third-order valence-corrected chi connectivity index (χ3v) is 3.90. The molecule has 0 radical (unpaired) electrons. The zero-order chi connectivity index (χ0) is 12.1. The normalized spacial score (nSPS) is 13.1. The molecule has 0 saturated heterocycles. The molecule has 1 unspecified atom stereocenters. The van der Waals surface area contributed by atoms with Crippen LogP contribution in [-0.2, 0) is 6.42 Å². The van der Waals surface area contributed by atoms with Crippen LogP contribution in [0.25, 0.3) is 0 Å². The van der Waals surface area contributed by atoms with Crippen LogP contribution < -0.4 is 0 Å². The van der Waals surface area contributed by atoms with E-state index in [0.717, 1.165) is 12.8 Å². The van der Waals surface area contributed by atoms with Crippen molar-refractivity contribution in [1.82, 2.24) is 0 Å². The molecule has 1 aromatic rings. The lowest BCUT2D eigenvalue weighted by atomic mass is 10.0. The van der Waals surface area contributed by atoms with Crippen LogP contribution in [0.3, 0.4) is 0 Å². The Morgan fingerprint density at radius 1 is 1.31 bits per heavy atom. The lowest BCUT2D eigenvalue weighted by molar-refractivity contribution is 0.554. The number of benzene rings is 1. The zero-order valence-electron chi connectivity index (χ0n) is 9.64. The Kier molecular flexibility index (Phi) is 5.98. The number of aryl methyl sites for hydroxylation is 1. The molecule has 0 amide bonds. The molecule has 90 valence electrons. The quantitative estimate of drug-likeness (QED) is 0.629. The highest BCUT2D eigenvalue weighted by molar-refractivity contribution is 9.10. The van der Waals surface area contributed by atoms with E-state index in [1.165, 1.54) is 18.1 Å². The summed E-state index contributed by atoms with van der Waals surface area (Å²) in [5.74, 6) is 0.519. The molecule has 0 bridgehead atoms. The topological polar surface area (TPSA) is 0 Å². The second kappa shape index (κ2) is 6.75. The third kappa shape index (κ3) is 4.96. The predicted molar refractivity (Wildman–Crippen MR) is 74.6 cm³/mol. The van der Waals surface area contributed by atoms with Crippen LogP contribution in [0.2, 0.25) is 0 Å². The molecule has 0 heterocycles. The van der Waals surface area contributed by atoms with Crippen molar-refractivity contribution in [2.75, 3.05) is 0 Å². The van der Waals surface area contributed by atoms with E-state index in [1.54, 1.807) is 0 Å². The fourth-order valence-electron chi connectivity index (χ4n) is 1.65. The van der Waals surface area contributed by atoms with Crippen molar-refractivity contribution >= 4 is 31.9 Å². The van der Waals surface area contributed by atoms with Crippen LogP contribution in [0.4, 0.5) is 4.39 Å². The molecule has 0 aliphatic heterocycles. The summed E-state index contributed by atoms with van der Waals surface area (Å²) in [6.07, 6.45) is 3.26. The molecule has 3 heteroatoms. The number of alkyl halides is 1. The fraction of sp³-hybridized carbons (Fsp3) is 0.538. The maximum atomic E-state index is 13.0. The van der Waals surface area contributed by atoms with E-state index in [9.17, 15) is 4.39 Å². The molecule has 0 nitrogen and oxygen atoms in total. The van der Waals surface area contributed by atoms with E-state index >= 15 is 0 Å². The van der Waals surface area contributed by atoms with E-state index in [4.69, 9.17) is 0 Å². The SMILES string of the molecule is CC(C)CC(Br)CCc1ccc(F)c(Br)c1. The van der Waals surface area contributed by atoms with Crippen molar-refractivity contribution in [2.24, 2.45) is 5.92 Å². The van der Waals surface area contributed by atoms with Gasteiger partial charge in [-0.2, -0.15) is 0 Å². The Hall–Kier alpha value is 0.110. The summed E-state index contributed by atoms with van der Waals surface area (Å²) in [5, 5.41) is 0. The lowest BCUT2D eigenvalue weighted by Gasteiger charge is -2.12. The molecule has 0 aromatic heterocycles. The maximum absolute atomic E-state index is 13.0. The first kappa shape index (κ1) is 14.2. The van der Waals surface area contributed by atoms with E-state index in [0.29, 0.717) is 15.2 Å². The van der Waals surface area contributed by atoms with Crippen molar-refractivity contribution in [1.29, 1.82) is 0 Å². The number of hydrogen-bond acceptors (Lipinski definition) is 0. The Morgan fingerprint density at radius 2 is 2.00 bits per heavy atom. The zero-order valence-corrected chi connectivity index (χ0v) is 12.8. The molecule has 0 N–H and O–H groups in total. The van der Waals surface area contributed by atoms with Gasteiger partial charge in [0.2, 0.25) is 0 Å². The smallest absolute Gasteiger partial charge is 0.137 e. The van der Waals surface area contributed by atoms with Crippen LogP contribution in [0.5, 0.6) is 0 Å². The lowest BCUT2D eigenvalue weighted by Crippen LogP contribution is -2.04. The molecular formula is C13H17Br2F. The van der Waals surface area contributed by atoms with E-state index in [-0.39, 0.29) is 5.82 Å². The number of halogens is 3. The Balaban J connectivity index is 2.45. The molecule has 0 fully saturated rings. The molecule has 0 aliphatic rings. The van der Waals surface area contributed by atoms with Crippen LogP contribution in [0.15, 0.2) is 22.7 Å².